The Morgan fingerprint density at radius 1 is 1.38 bits per heavy atom. The molecule has 2 N–H and O–H groups in total. The summed E-state index contributed by atoms with van der Waals surface area (Å²) in [5.74, 6) is 1.43. The van der Waals surface area contributed by atoms with Gasteiger partial charge in [0.1, 0.15) is 24.2 Å². The zero-order valence-corrected chi connectivity index (χ0v) is 12.8. The Bertz CT molecular complexity index is 421. The number of amides is 1. The number of rotatable bonds is 6. The molecule has 1 aromatic carbocycles. The predicted molar refractivity (Wildman–Crippen MR) is 81.4 cm³/mol. The molecule has 1 heterocycles. The minimum atomic E-state index is -0.398. The van der Waals surface area contributed by atoms with E-state index in [-0.39, 0.29) is 18.3 Å². The molecule has 0 saturated carbocycles. The molecule has 118 valence electrons. The van der Waals surface area contributed by atoms with Crippen molar-refractivity contribution in [3.8, 4) is 11.5 Å². The van der Waals surface area contributed by atoms with Crippen LogP contribution in [0.1, 0.15) is 0 Å². The van der Waals surface area contributed by atoms with Crippen molar-refractivity contribution in [1.29, 1.82) is 0 Å². The number of hydrogen-bond donors (Lipinski definition) is 2. The average Bonchev–Trinajstić information content (AvgIpc) is 2.53. The standard InChI is InChI=1S/C14H20N2O4.ClH/c1-18-11-2-4-12(5-3-11)19-9-7-16-14(17)13-10-15-6-8-20-13;/h2-5,13,15H,6-10H2,1H3,(H,16,17);1H. The molecule has 1 aliphatic rings. The smallest absolute Gasteiger partial charge is 0.250 e. The summed E-state index contributed by atoms with van der Waals surface area (Å²) in [7, 11) is 1.62. The second-order valence-corrected chi connectivity index (χ2v) is 4.38. The molecule has 1 amide bonds. The van der Waals surface area contributed by atoms with Crippen molar-refractivity contribution in [3.05, 3.63) is 24.3 Å². The molecule has 0 bridgehead atoms. The van der Waals surface area contributed by atoms with Crippen LogP contribution < -0.4 is 20.1 Å². The van der Waals surface area contributed by atoms with Gasteiger partial charge in [-0.15, -0.1) is 12.4 Å². The summed E-state index contributed by atoms with van der Waals surface area (Å²) in [4.78, 5) is 11.7. The molecular weight excluding hydrogens is 296 g/mol. The van der Waals surface area contributed by atoms with E-state index < -0.39 is 6.10 Å². The highest BCUT2D eigenvalue weighted by Gasteiger charge is 2.20. The van der Waals surface area contributed by atoms with E-state index in [2.05, 4.69) is 10.6 Å². The van der Waals surface area contributed by atoms with Gasteiger partial charge in [-0.1, -0.05) is 0 Å². The number of carbonyl (C=O) groups is 1. The van der Waals surface area contributed by atoms with E-state index in [9.17, 15) is 4.79 Å². The number of ether oxygens (including phenoxy) is 3. The quantitative estimate of drug-likeness (QED) is 0.752. The number of hydrogen-bond acceptors (Lipinski definition) is 5. The van der Waals surface area contributed by atoms with Crippen LogP contribution in [0.3, 0.4) is 0 Å². The van der Waals surface area contributed by atoms with Crippen molar-refractivity contribution in [1.82, 2.24) is 10.6 Å². The predicted octanol–water partition coefficient (Wildman–Crippen LogP) is 0.600. The van der Waals surface area contributed by atoms with Crippen molar-refractivity contribution >= 4 is 18.3 Å². The van der Waals surface area contributed by atoms with E-state index >= 15 is 0 Å². The maximum absolute atomic E-state index is 11.7. The Labute approximate surface area is 130 Å². The maximum Gasteiger partial charge on any atom is 0.250 e. The molecule has 0 aliphatic carbocycles. The lowest BCUT2D eigenvalue weighted by Gasteiger charge is -2.22. The number of carbonyl (C=O) groups excluding carboxylic acids is 1. The van der Waals surface area contributed by atoms with Crippen molar-refractivity contribution in [3.63, 3.8) is 0 Å². The molecule has 1 atom stereocenters. The van der Waals surface area contributed by atoms with E-state index in [1.54, 1.807) is 7.11 Å². The number of methoxy groups -OCH3 is 1. The highest BCUT2D eigenvalue weighted by molar-refractivity contribution is 5.85. The molecule has 0 radical (unpaired) electrons. The largest absolute Gasteiger partial charge is 0.497 e. The Morgan fingerprint density at radius 3 is 2.71 bits per heavy atom. The average molecular weight is 317 g/mol. The second kappa shape index (κ2) is 9.44. The summed E-state index contributed by atoms with van der Waals surface area (Å²) >= 11 is 0. The van der Waals surface area contributed by atoms with Crippen LogP contribution in [0.25, 0.3) is 0 Å². The summed E-state index contributed by atoms with van der Waals surface area (Å²) in [6, 6.07) is 7.31. The zero-order valence-electron chi connectivity index (χ0n) is 12.0. The minimum absolute atomic E-state index is 0. The highest BCUT2D eigenvalue weighted by Crippen LogP contribution is 2.16. The van der Waals surface area contributed by atoms with Gasteiger partial charge in [0.25, 0.3) is 5.91 Å². The van der Waals surface area contributed by atoms with Gasteiger partial charge in [0.2, 0.25) is 0 Å². The molecule has 1 unspecified atom stereocenters. The summed E-state index contributed by atoms with van der Waals surface area (Å²) < 4.78 is 15.9. The first kappa shape index (κ1) is 17.6. The molecule has 21 heavy (non-hydrogen) atoms. The lowest BCUT2D eigenvalue weighted by Crippen LogP contribution is -2.48. The second-order valence-electron chi connectivity index (χ2n) is 4.38. The van der Waals surface area contributed by atoms with Crippen molar-refractivity contribution < 1.29 is 19.0 Å². The lowest BCUT2D eigenvalue weighted by atomic mass is 10.3. The van der Waals surface area contributed by atoms with E-state index in [1.807, 2.05) is 24.3 Å². The number of morpholine rings is 1. The van der Waals surface area contributed by atoms with Gasteiger partial charge in [-0.2, -0.15) is 0 Å². The Morgan fingerprint density at radius 2 is 2.10 bits per heavy atom. The molecule has 0 aromatic heterocycles. The zero-order chi connectivity index (χ0) is 14.2. The van der Waals surface area contributed by atoms with Crippen LogP contribution in [0.4, 0.5) is 0 Å². The fraction of sp³-hybridized carbons (Fsp3) is 0.500. The highest BCUT2D eigenvalue weighted by atomic mass is 35.5. The van der Waals surface area contributed by atoms with E-state index in [1.165, 1.54) is 0 Å². The summed E-state index contributed by atoms with van der Waals surface area (Å²) in [5.41, 5.74) is 0. The van der Waals surface area contributed by atoms with Gasteiger partial charge in [-0.3, -0.25) is 4.79 Å². The summed E-state index contributed by atoms with van der Waals surface area (Å²) in [5, 5.41) is 5.91. The summed E-state index contributed by atoms with van der Waals surface area (Å²) in [6.07, 6.45) is -0.398. The molecule has 1 saturated heterocycles. The van der Waals surface area contributed by atoms with Gasteiger partial charge in [0.15, 0.2) is 0 Å². The molecule has 1 aliphatic heterocycles. The van der Waals surface area contributed by atoms with Gasteiger partial charge in [-0.05, 0) is 24.3 Å². The van der Waals surface area contributed by atoms with Crippen molar-refractivity contribution in [2.24, 2.45) is 0 Å². The Balaban J connectivity index is 0.00000220. The molecule has 7 heteroatoms. The van der Waals surface area contributed by atoms with Crippen molar-refractivity contribution in [2.45, 2.75) is 6.10 Å². The van der Waals surface area contributed by atoms with Crippen molar-refractivity contribution in [2.75, 3.05) is 40.0 Å². The van der Waals surface area contributed by atoms with E-state index in [0.29, 0.717) is 26.3 Å². The Kier molecular flexibility index (Phi) is 7.89. The summed E-state index contributed by atoms with van der Waals surface area (Å²) in [6.45, 7) is 2.79. The topological polar surface area (TPSA) is 68.8 Å². The lowest BCUT2D eigenvalue weighted by molar-refractivity contribution is -0.134. The number of halogens is 1. The molecule has 1 aromatic rings. The van der Waals surface area contributed by atoms with Crippen LogP contribution in [0, 0.1) is 0 Å². The van der Waals surface area contributed by atoms with Crippen LogP contribution in [0.15, 0.2) is 24.3 Å². The third-order valence-electron chi connectivity index (χ3n) is 2.95. The first-order valence-corrected chi connectivity index (χ1v) is 6.66. The fourth-order valence-electron chi connectivity index (χ4n) is 1.86. The maximum atomic E-state index is 11.7. The van der Waals surface area contributed by atoms with Gasteiger partial charge < -0.3 is 24.8 Å². The Hall–Kier alpha value is -1.50. The molecule has 6 nitrogen and oxygen atoms in total. The molecular formula is C14H21ClN2O4. The first-order chi connectivity index (χ1) is 9.79. The fourth-order valence-corrected chi connectivity index (χ4v) is 1.86. The van der Waals surface area contributed by atoms with Gasteiger partial charge in [-0.25, -0.2) is 0 Å². The molecule has 1 fully saturated rings. The number of benzene rings is 1. The van der Waals surface area contributed by atoms with Gasteiger partial charge in [0, 0.05) is 13.1 Å². The van der Waals surface area contributed by atoms with Crippen LogP contribution >= 0.6 is 12.4 Å². The SMILES string of the molecule is COc1ccc(OCCNC(=O)C2CNCCO2)cc1.Cl. The normalized spacial score (nSPS) is 17.5. The van der Waals surface area contributed by atoms with Crippen LogP contribution in [-0.4, -0.2) is 52.0 Å². The van der Waals surface area contributed by atoms with Crippen LogP contribution in [0.2, 0.25) is 0 Å². The molecule has 0 spiro atoms. The van der Waals surface area contributed by atoms with Crippen LogP contribution in [-0.2, 0) is 9.53 Å². The third-order valence-corrected chi connectivity index (χ3v) is 2.95. The van der Waals surface area contributed by atoms with Gasteiger partial charge >= 0.3 is 0 Å². The third kappa shape index (κ3) is 5.79. The number of nitrogens with one attached hydrogen (secondary N) is 2. The molecule has 2 rings (SSSR count). The minimum Gasteiger partial charge on any atom is -0.497 e. The van der Waals surface area contributed by atoms with E-state index in [4.69, 9.17) is 14.2 Å². The first-order valence-electron chi connectivity index (χ1n) is 6.66. The van der Waals surface area contributed by atoms with Gasteiger partial charge in [0.05, 0.1) is 20.3 Å². The van der Waals surface area contributed by atoms with E-state index in [0.717, 1.165) is 18.0 Å². The van der Waals surface area contributed by atoms with Crippen LogP contribution in [0.5, 0.6) is 11.5 Å². The monoisotopic (exact) mass is 316 g/mol.